The monoisotopic (exact) mass is 663 g/mol. The average molecular weight is 664 g/mol. The zero-order chi connectivity index (χ0) is 33.9. The Morgan fingerprint density at radius 2 is 1.04 bits per heavy atom. The van der Waals surface area contributed by atoms with Gasteiger partial charge in [-0.15, -0.1) is 0 Å². The Morgan fingerprint density at radius 1 is 0.462 bits per heavy atom. The minimum atomic E-state index is 0.0600. The van der Waals surface area contributed by atoms with E-state index in [9.17, 15) is 0 Å². The van der Waals surface area contributed by atoms with Gasteiger partial charge in [0, 0.05) is 62.8 Å². The fourth-order valence-corrected chi connectivity index (χ4v) is 9.30. The molecule has 0 amide bonds. The second kappa shape index (κ2) is 10.3. The van der Waals surface area contributed by atoms with Crippen molar-refractivity contribution in [3.8, 4) is 11.4 Å². The van der Waals surface area contributed by atoms with Gasteiger partial charge in [-0.25, -0.2) is 0 Å². The van der Waals surface area contributed by atoms with Crippen molar-refractivity contribution in [3.05, 3.63) is 188 Å². The minimum Gasteiger partial charge on any atom is -0.318 e. The Kier molecular flexibility index (Phi) is 5.53. The number of fused-ring (bicyclic) bond motifs is 12. The lowest BCUT2D eigenvalue weighted by molar-refractivity contribution is 0.931. The summed E-state index contributed by atoms with van der Waals surface area (Å²) in [4.78, 5) is 2.57. The number of hydrogen-bond acceptors (Lipinski definition) is 1. The maximum absolute atomic E-state index is 2.57. The zero-order valence-corrected chi connectivity index (χ0v) is 28.2. The molecule has 3 aliphatic rings. The van der Waals surface area contributed by atoms with Crippen molar-refractivity contribution in [2.75, 3.05) is 4.90 Å². The molecule has 4 nitrogen and oxygen atoms in total. The summed E-state index contributed by atoms with van der Waals surface area (Å²) in [5.41, 5.74) is 15.9. The molecule has 4 heterocycles. The molecule has 52 heavy (non-hydrogen) atoms. The summed E-state index contributed by atoms with van der Waals surface area (Å²) >= 11 is 0. The second-order valence-corrected chi connectivity index (χ2v) is 13.9. The maximum Gasteiger partial charge on any atom is 0.235 e. The largest absolute Gasteiger partial charge is 0.318 e. The van der Waals surface area contributed by atoms with Gasteiger partial charge in [0.25, 0.3) is 0 Å². The van der Waals surface area contributed by atoms with Crippen LogP contribution in [0.5, 0.6) is 0 Å². The Bertz CT molecular complexity index is 3010. The van der Waals surface area contributed by atoms with Gasteiger partial charge < -0.3 is 14.0 Å². The van der Waals surface area contributed by atoms with Gasteiger partial charge in [0.15, 0.2) is 0 Å². The molecule has 1 atom stereocenters. The van der Waals surface area contributed by atoms with E-state index in [1.165, 1.54) is 83.2 Å². The van der Waals surface area contributed by atoms with Crippen LogP contribution in [0.3, 0.4) is 0 Å². The molecule has 1 unspecified atom stereocenters. The van der Waals surface area contributed by atoms with E-state index in [-0.39, 0.29) is 6.04 Å². The Morgan fingerprint density at radius 3 is 1.75 bits per heavy atom. The molecule has 4 heteroatoms. The molecule has 2 aliphatic heterocycles. The fraction of sp³-hybridized carbons (Fsp3) is 0.0208. The summed E-state index contributed by atoms with van der Waals surface area (Å²) < 4.78 is 7.34. The Labute approximate surface area is 300 Å². The number of hydrogen-bond donors (Lipinski definition) is 0. The van der Waals surface area contributed by atoms with Gasteiger partial charge in [-0.05, 0) is 60.2 Å². The summed E-state index contributed by atoms with van der Waals surface area (Å²) in [6.07, 6.45) is 6.89. The summed E-state index contributed by atoms with van der Waals surface area (Å²) in [6, 6.07) is 59.8. The predicted molar refractivity (Wildman–Crippen MR) is 218 cm³/mol. The molecule has 242 valence electrons. The van der Waals surface area contributed by atoms with Crippen LogP contribution in [0.1, 0.15) is 5.56 Å². The summed E-state index contributed by atoms with van der Waals surface area (Å²) in [5, 5.41) is 5.08. The van der Waals surface area contributed by atoms with Crippen LogP contribution in [-0.2, 0) is 0 Å². The third-order valence-electron chi connectivity index (χ3n) is 11.3. The van der Waals surface area contributed by atoms with E-state index in [1.54, 1.807) is 0 Å². The Hall–Kier alpha value is -6.91. The standard InChI is InChI=1S/C48H31N4/c1-2-13-31(14-3-1)50-42-22-10-11-23-43(42)52-44-30-29-37-36-17-6-9-21-41(36)51(48(37)46(44)38-18-12-24-45(50)47(38)52)33-27-25-32(26-28-33)49-39-19-7-4-15-34(39)35-16-5-8-20-40(35)49/h1-30,47H/q+1. The molecule has 0 radical (unpaired) electrons. The van der Waals surface area contributed by atoms with Crippen LogP contribution in [0.4, 0.5) is 22.7 Å². The van der Waals surface area contributed by atoms with Crippen LogP contribution < -0.4 is 9.48 Å². The lowest BCUT2D eigenvalue weighted by Gasteiger charge is -2.32. The fourth-order valence-electron chi connectivity index (χ4n) is 9.30. The van der Waals surface area contributed by atoms with Crippen LogP contribution in [-0.4, -0.2) is 20.9 Å². The van der Waals surface area contributed by atoms with E-state index in [4.69, 9.17) is 0 Å². The van der Waals surface area contributed by atoms with Crippen molar-refractivity contribution in [1.82, 2.24) is 13.7 Å². The Balaban J connectivity index is 1.11. The molecule has 0 bridgehead atoms. The number of rotatable bonds is 3. The molecular weight excluding hydrogens is 633 g/mol. The van der Waals surface area contributed by atoms with Crippen molar-refractivity contribution in [1.29, 1.82) is 0 Å². The number of para-hydroxylation sites is 6. The van der Waals surface area contributed by atoms with Crippen LogP contribution in [0.25, 0.3) is 60.6 Å². The molecule has 0 spiro atoms. The van der Waals surface area contributed by atoms with Crippen LogP contribution in [0.2, 0.25) is 0 Å². The summed E-state index contributed by atoms with van der Waals surface area (Å²) in [6.45, 7) is 0. The first-order valence-corrected chi connectivity index (χ1v) is 18.0. The first-order chi connectivity index (χ1) is 25.8. The van der Waals surface area contributed by atoms with E-state index in [0.717, 1.165) is 11.4 Å². The molecule has 0 N–H and O–H groups in total. The second-order valence-electron chi connectivity index (χ2n) is 13.9. The van der Waals surface area contributed by atoms with Gasteiger partial charge in [0.05, 0.1) is 27.8 Å². The first kappa shape index (κ1) is 27.9. The zero-order valence-electron chi connectivity index (χ0n) is 28.2. The lowest BCUT2D eigenvalue weighted by Crippen LogP contribution is -2.43. The van der Waals surface area contributed by atoms with Gasteiger partial charge in [-0.3, -0.25) is 0 Å². The number of benzene rings is 7. The number of allylic oxidation sites excluding steroid dienone is 2. The van der Waals surface area contributed by atoms with Crippen LogP contribution >= 0.6 is 0 Å². The van der Waals surface area contributed by atoms with E-state index in [2.05, 4.69) is 201 Å². The van der Waals surface area contributed by atoms with Gasteiger partial charge in [-0.2, -0.15) is 4.58 Å². The number of anilines is 2. The highest BCUT2D eigenvalue weighted by Crippen LogP contribution is 2.55. The molecule has 2 aromatic heterocycles. The molecule has 12 rings (SSSR count). The minimum absolute atomic E-state index is 0.0600. The highest BCUT2D eigenvalue weighted by atomic mass is 15.3. The van der Waals surface area contributed by atoms with Crippen molar-refractivity contribution < 1.29 is 0 Å². The highest BCUT2D eigenvalue weighted by molar-refractivity contribution is 6.25. The average Bonchev–Trinajstić information content (AvgIpc) is 3.85. The molecule has 1 aliphatic carbocycles. The van der Waals surface area contributed by atoms with Crippen LogP contribution in [0, 0.1) is 0 Å². The molecule has 0 saturated carbocycles. The molecule has 7 aromatic carbocycles. The molecule has 9 aromatic rings. The van der Waals surface area contributed by atoms with Crippen molar-refractivity contribution in [3.63, 3.8) is 0 Å². The van der Waals surface area contributed by atoms with Gasteiger partial charge in [-0.1, -0.05) is 103 Å². The van der Waals surface area contributed by atoms with Gasteiger partial charge in [0.1, 0.15) is 11.7 Å². The quantitative estimate of drug-likeness (QED) is 0.172. The highest BCUT2D eigenvalue weighted by Gasteiger charge is 2.49. The van der Waals surface area contributed by atoms with E-state index >= 15 is 0 Å². The summed E-state index contributed by atoms with van der Waals surface area (Å²) in [7, 11) is 0. The third-order valence-corrected chi connectivity index (χ3v) is 11.3. The van der Waals surface area contributed by atoms with E-state index in [0.29, 0.717) is 0 Å². The van der Waals surface area contributed by atoms with Crippen LogP contribution in [0.15, 0.2) is 182 Å². The lowest BCUT2D eigenvalue weighted by atomic mass is 9.91. The first-order valence-electron chi connectivity index (χ1n) is 18.0. The van der Waals surface area contributed by atoms with Gasteiger partial charge in [0.2, 0.25) is 17.1 Å². The van der Waals surface area contributed by atoms with E-state index in [1.807, 2.05) is 0 Å². The predicted octanol–water partition coefficient (Wildman–Crippen LogP) is 11.6. The van der Waals surface area contributed by atoms with Gasteiger partial charge >= 0.3 is 0 Å². The summed E-state index contributed by atoms with van der Waals surface area (Å²) in [5.74, 6) is 0. The normalized spacial score (nSPS) is 15.8. The molecule has 0 saturated heterocycles. The third kappa shape index (κ3) is 3.58. The van der Waals surface area contributed by atoms with Crippen molar-refractivity contribution in [2.45, 2.75) is 6.04 Å². The SMILES string of the molecule is C1=CC2=[N+](c3ccccc3)c3ccccc3N3c4ccc5c6ccccc6n(-c6ccc(-n7c8ccccc8c8ccccc87)cc6)c5c4C(=C1)C23. The number of nitrogens with zero attached hydrogens (tertiary/aromatic N) is 4. The van der Waals surface area contributed by atoms with Crippen molar-refractivity contribution in [2.24, 2.45) is 0 Å². The van der Waals surface area contributed by atoms with E-state index < -0.39 is 0 Å². The molecular formula is C48H31N4+. The number of aromatic nitrogens is 2. The topological polar surface area (TPSA) is 16.1 Å². The smallest absolute Gasteiger partial charge is 0.235 e. The van der Waals surface area contributed by atoms with Crippen molar-refractivity contribution >= 4 is 77.6 Å². The molecule has 0 fully saturated rings. The maximum atomic E-state index is 2.57.